The van der Waals surface area contributed by atoms with Crippen molar-refractivity contribution < 1.29 is 14.7 Å². The number of nitrogens with zero attached hydrogens (tertiary/aromatic N) is 2. The molecule has 31 heavy (non-hydrogen) atoms. The van der Waals surface area contributed by atoms with E-state index in [1.165, 1.54) is 6.92 Å². The number of rotatable bonds is 3. The number of anilines is 2. The van der Waals surface area contributed by atoms with Gasteiger partial charge in [0.25, 0.3) is 0 Å². The van der Waals surface area contributed by atoms with E-state index in [4.69, 9.17) is 0 Å². The second-order valence-electron chi connectivity index (χ2n) is 7.91. The fraction of sp³-hybridized carbons (Fsp3) is 0.200. The quantitative estimate of drug-likeness (QED) is 0.606. The molecule has 156 valence electrons. The highest BCUT2D eigenvalue weighted by molar-refractivity contribution is 7.99. The Bertz CT molecular complexity index is 1210. The van der Waals surface area contributed by atoms with Gasteiger partial charge >= 0.3 is 0 Å². The molecule has 0 aliphatic carbocycles. The molecule has 0 aromatic heterocycles. The Hall–Kier alpha value is -3.09. The molecular formula is C25H22N2O3S. The number of carbonyl (C=O) groups is 2. The van der Waals surface area contributed by atoms with Crippen LogP contribution in [0.25, 0.3) is 0 Å². The van der Waals surface area contributed by atoms with Gasteiger partial charge in [-0.25, -0.2) is 0 Å². The number of phenolic OH excluding ortho intramolecular Hbond substituents is 1. The van der Waals surface area contributed by atoms with Crippen LogP contribution in [0.5, 0.6) is 5.75 Å². The third-order valence-corrected chi connectivity index (χ3v) is 7.00. The second kappa shape index (κ2) is 7.87. The molecule has 0 bridgehead atoms. The first kappa shape index (κ1) is 19.8. The Kier molecular flexibility index (Phi) is 5.04. The number of aromatic hydroxyl groups is 1. The molecule has 1 N–H and O–H groups in total. The van der Waals surface area contributed by atoms with Crippen LogP contribution in [0.15, 0.2) is 70.5 Å². The number of benzene rings is 3. The van der Waals surface area contributed by atoms with Crippen LogP contribution in [0, 0.1) is 0 Å². The van der Waals surface area contributed by atoms with Gasteiger partial charge in [0, 0.05) is 34.0 Å². The summed E-state index contributed by atoms with van der Waals surface area (Å²) in [5.74, 6) is 0.210. The molecule has 5 nitrogen and oxygen atoms in total. The van der Waals surface area contributed by atoms with E-state index in [9.17, 15) is 14.7 Å². The zero-order chi connectivity index (χ0) is 21.5. The lowest BCUT2D eigenvalue weighted by atomic mass is 9.99. The van der Waals surface area contributed by atoms with Crippen molar-refractivity contribution in [1.82, 2.24) is 4.90 Å². The maximum absolute atomic E-state index is 13.6. The van der Waals surface area contributed by atoms with Crippen molar-refractivity contribution in [1.29, 1.82) is 0 Å². The molecule has 3 aromatic carbocycles. The summed E-state index contributed by atoms with van der Waals surface area (Å²) in [6, 6.07) is 19.0. The molecule has 0 unspecified atom stereocenters. The van der Waals surface area contributed by atoms with E-state index in [0.717, 1.165) is 45.3 Å². The fourth-order valence-corrected chi connectivity index (χ4v) is 5.30. The summed E-state index contributed by atoms with van der Waals surface area (Å²) in [6.45, 7) is 3.07. The number of ketones is 1. The number of para-hydroxylation sites is 1. The van der Waals surface area contributed by atoms with Crippen LogP contribution in [-0.4, -0.2) is 34.8 Å². The van der Waals surface area contributed by atoms with E-state index < -0.39 is 0 Å². The Balaban J connectivity index is 1.48. The van der Waals surface area contributed by atoms with Crippen molar-refractivity contribution in [3.63, 3.8) is 0 Å². The maximum Gasteiger partial charge on any atom is 0.245 e. The SMILES string of the molecule is CC(=O)c1ccc2c(c1)N(C(=O)CN1CCc3cccc(O)c3C1)c1ccccc1S2. The molecule has 1 amide bonds. The number of fused-ring (bicyclic) bond motifs is 3. The molecule has 0 saturated carbocycles. The first-order valence-electron chi connectivity index (χ1n) is 10.3. The summed E-state index contributed by atoms with van der Waals surface area (Å²) < 4.78 is 0. The number of amides is 1. The summed E-state index contributed by atoms with van der Waals surface area (Å²) in [6.07, 6.45) is 0.800. The van der Waals surface area contributed by atoms with E-state index in [1.807, 2.05) is 54.6 Å². The van der Waals surface area contributed by atoms with Crippen molar-refractivity contribution in [3.8, 4) is 5.75 Å². The smallest absolute Gasteiger partial charge is 0.245 e. The predicted octanol–water partition coefficient (Wildman–Crippen LogP) is 4.78. The molecule has 2 aliphatic rings. The summed E-state index contributed by atoms with van der Waals surface area (Å²) in [7, 11) is 0. The Morgan fingerprint density at radius 1 is 1.00 bits per heavy atom. The first-order chi connectivity index (χ1) is 15.0. The maximum atomic E-state index is 13.6. The van der Waals surface area contributed by atoms with Crippen LogP contribution in [0.1, 0.15) is 28.4 Å². The molecule has 6 heteroatoms. The van der Waals surface area contributed by atoms with Gasteiger partial charge in [-0.2, -0.15) is 0 Å². The van der Waals surface area contributed by atoms with Gasteiger partial charge in [0.15, 0.2) is 5.78 Å². The Morgan fingerprint density at radius 2 is 1.81 bits per heavy atom. The van der Waals surface area contributed by atoms with Crippen LogP contribution in [0.2, 0.25) is 0 Å². The van der Waals surface area contributed by atoms with Gasteiger partial charge in [-0.1, -0.05) is 42.1 Å². The third-order valence-electron chi connectivity index (χ3n) is 5.87. The van der Waals surface area contributed by atoms with Crippen molar-refractivity contribution in [2.75, 3.05) is 18.0 Å². The van der Waals surface area contributed by atoms with Crippen LogP contribution >= 0.6 is 11.8 Å². The van der Waals surface area contributed by atoms with E-state index in [-0.39, 0.29) is 24.0 Å². The number of hydrogen-bond acceptors (Lipinski definition) is 5. The Labute approximate surface area is 185 Å². The van der Waals surface area contributed by atoms with Gasteiger partial charge in [0.2, 0.25) is 5.91 Å². The number of carbonyl (C=O) groups excluding carboxylic acids is 2. The van der Waals surface area contributed by atoms with E-state index in [0.29, 0.717) is 12.1 Å². The van der Waals surface area contributed by atoms with Crippen molar-refractivity contribution in [3.05, 3.63) is 77.4 Å². The topological polar surface area (TPSA) is 60.9 Å². The molecule has 3 aromatic rings. The number of phenols is 1. The first-order valence-corrected chi connectivity index (χ1v) is 11.1. The monoisotopic (exact) mass is 430 g/mol. The average Bonchev–Trinajstić information content (AvgIpc) is 2.77. The minimum absolute atomic E-state index is 0.0258. The molecule has 2 aliphatic heterocycles. The third kappa shape index (κ3) is 3.62. The van der Waals surface area contributed by atoms with Gasteiger partial charge < -0.3 is 5.11 Å². The molecule has 0 fully saturated rings. The highest BCUT2D eigenvalue weighted by Gasteiger charge is 2.30. The van der Waals surface area contributed by atoms with Gasteiger partial charge in [-0.05, 0) is 49.2 Å². The summed E-state index contributed by atoms with van der Waals surface area (Å²) in [5.41, 5.74) is 4.22. The lowest BCUT2D eigenvalue weighted by Gasteiger charge is -2.34. The summed E-state index contributed by atoms with van der Waals surface area (Å²) in [5, 5.41) is 10.2. The lowest BCUT2D eigenvalue weighted by molar-refractivity contribution is -0.119. The predicted molar refractivity (Wildman–Crippen MR) is 121 cm³/mol. The minimum Gasteiger partial charge on any atom is -0.508 e. The molecule has 5 rings (SSSR count). The zero-order valence-electron chi connectivity index (χ0n) is 17.2. The van der Waals surface area contributed by atoms with Crippen molar-refractivity contribution in [2.24, 2.45) is 0 Å². The van der Waals surface area contributed by atoms with Gasteiger partial charge in [0.05, 0.1) is 17.9 Å². The molecule has 0 atom stereocenters. The van der Waals surface area contributed by atoms with Crippen LogP contribution in [0.3, 0.4) is 0 Å². The highest BCUT2D eigenvalue weighted by Crippen LogP contribution is 2.48. The second-order valence-corrected chi connectivity index (χ2v) is 9.00. The van der Waals surface area contributed by atoms with Crippen LogP contribution in [0.4, 0.5) is 11.4 Å². The summed E-state index contributed by atoms with van der Waals surface area (Å²) >= 11 is 1.61. The molecular weight excluding hydrogens is 408 g/mol. The van der Waals surface area contributed by atoms with E-state index in [2.05, 4.69) is 4.90 Å². The Morgan fingerprint density at radius 3 is 2.65 bits per heavy atom. The molecule has 0 saturated heterocycles. The lowest BCUT2D eigenvalue weighted by Crippen LogP contribution is -2.41. The van der Waals surface area contributed by atoms with Crippen molar-refractivity contribution >= 4 is 34.8 Å². The number of hydrogen-bond donors (Lipinski definition) is 1. The van der Waals surface area contributed by atoms with Gasteiger partial charge in [-0.15, -0.1) is 0 Å². The van der Waals surface area contributed by atoms with Crippen LogP contribution in [-0.2, 0) is 17.8 Å². The minimum atomic E-state index is -0.0476. The molecule has 2 heterocycles. The van der Waals surface area contributed by atoms with Crippen molar-refractivity contribution in [2.45, 2.75) is 29.7 Å². The van der Waals surface area contributed by atoms with Crippen LogP contribution < -0.4 is 4.90 Å². The molecule has 0 radical (unpaired) electrons. The highest BCUT2D eigenvalue weighted by atomic mass is 32.2. The average molecular weight is 431 g/mol. The fourth-order valence-electron chi connectivity index (χ4n) is 4.26. The van der Waals surface area contributed by atoms with Gasteiger partial charge in [-0.3, -0.25) is 19.4 Å². The van der Waals surface area contributed by atoms with E-state index >= 15 is 0 Å². The van der Waals surface area contributed by atoms with Gasteiger partial charge in [0.1, 0.15) is 5.75 Å². The number of Topliss-reactive ketones (excluding diaryl/α,β-unsaturated/α-hetero) is 1. The summed E-state index contributed by atoms with van der Waals surface area (Å²) in [4.78, 5) is 31.4. The standard InChI is InChI=1S/C25H22N2O3S/c1-16(28)18-9-10-24-21(13-18)27(20-6-2-3-8-23(20)31-24)25(30)15-26-12-11-17-5-4-7-22(29)19(17)14-26/h2-10,13,29H,11-12,14-15H2,1H3. The van der Waals surface area contributed by atoms with E-state index in [1.54, 1.807) is 22.7 Å². The normalized spacial score (nSPS) is 15.1. The zero-order valence-corrected chi connectivity index (χ0v) is 18.0. The molecule has 0 spiro atoms. The largest absolute Gasteiger partial charge is 0.508 e.